The summed E-state index contributed by atoms with van der Waals surface area (Å²) in [5, 5.41) is 11.8. The zero-order valence-corrected chi connectivity index (χ0v) is 19.6. The second kappa shape index (κ2) is 10.7. The van der Waals surface area contributed by atoms with Crippen LogP contribution < -0.4 is 10.2 Å². The molecule has 0 atom stereocenters. The third-order valence-corrected chi connectivity index (χ3v) is 6.42. The van der Waals surface area contributed by atoms with Gasteiger partial charge in [0.2, 0.25) is 5.91 Å². The summed E-state index contributed by atoms with van der Waals surface area (Å²) in [4.78, 5) is 19.2. The summed E-state index contributed by atoms with van der Waals surface area (Å²) in [6, 6.07) is 19.6. The maximum Gasteiger partial charge on any atom is 0.236 e. The quantitative estimate of drug-likeness (QED) is 0.392. The van der Waals surface area contributed by atoms with E-state index in [1.807, 2.05) is 36.4 Å². The highest BCUT2D eigenvalue weighted by molar-refractivity contribution is 7.99. The molecular formula is C25H23FN6O2S. The van der Waals surface area contributed by atoms with Crippen molar-refractivity contribution in [2.24, 2.45) is 0 Å². The number of aromatic nitrogens is 4. The smallest absolute Gasteiger partial charge is 0.236 e. The van der Waals surface area contributed by atoms with E-state index < -0.39 is 5.82 Å². The first-order chi connectivity index (χ1) is 17.2. The molecular weight excluding hydrogens is 467 g/mol. The van der Waals surface area contributed by atoms with Crippen molar-refractivity contribution < 1.29 is 13.9 Å². The van der Waals surface area contributed by atoms with Crippen LogP contribution in [-0.2, 0) is 9.53 Å². The van der Waals surface area contributed by atoms with E-state index in [4.69, 9.17) is 4.74 Å². The largest absolute Gasteiger partial charge is 0.378 e. The Hall–Kier alpha value is -3.76. The molecule has 1 aliphatic heterocycles. The summed E-state index contributed by atoms with van der Waals surface area (Å²) < 4.78 is 21.7. The Morgan fingerprint density at radius 1 is 0.971 bits per heavy atom. The van der Waals surface area contributed by atoms with E-state index in [1.54, 1.807) is 35.0 Å². The highest BCUT2D eigenvalue weighted by atomic mass is 32.2. The summed E-state index contributed by atoms with van der Waals surface area (Å²) in [7, 11) is 0. The molecule has 0 saturated carbocycles. The van der Waals surface area contributed by atoms with Crippen molar-refractivity contribution in [3.8, 4) is 17.1 Å². The molecule has 0 bridgehead atoms. The van der Waals surface area contributed by atoms with Crippen LogP contribution in [0.2, 0.25) is 0 Å². The number of rotatable bonds is 7. The molecule has 3 heterocycles. The average molecular weight is 491 g/mol. The minimum Gasteiger partial charge on any atom is -0.378 e. The van der Waals surface area contributed by atoms with E-state index in [0.717, 1.165) is 24.5 Å². The van der Waals surface area contributed by atoms with Crippen LogP contribution in [0.5, 0.6) is 0 Å². The number of morpholine rings is 1. The molecule has 0 aliphatic carbocycles. The Kier molecular flexibility index (Phi) is 7.01. The van der Waals surface area contributed by atoms with E-state index in [2.05, 4.69) is 25.4 Å². The number of para-hydroxylation sites is 1. The van der Waals surface area contributed by atoms with Gasteiger partial charge in [0, 0.05) is 18.8 Å². The molecule has 1 aliphatic rings. The molecule has 1 fully saturated rings. The Labute approximate surface area is 206 Å². The fraction of sp³-hybridized carbons (Fsp3) is 0.200. The zero-order valence-electron chi connectivity index (χ0n) is 18.8. The Bertz CT molecular complexity index is 1290. The monoisotopic (exact) mass is 490 g/mol. The maximum absolute atomic E-state index is 14.5. The summed E-state index contributed by atoms with van der Waals surface area (Å²) in [6.45, 7) is 3.03. The van der Waals surface area contributed by atoms with Crippen LogP contribution in [0, 0.1) is 5.82 Å². The minimum absolute atomic E-state index is 0.0924. The number of pyridine rings is 1. The van der Waals surface area contributed by atoms with Gasteiger partial charge in [0.1, 0.15) is 11.6 Å². The van der Waals surface area contributed by atoms with Crippen molar-refractivity contribution in [2.45, 2.75) is 5.16 Å². The lowest BCUT2D eigenvalue weighted by Gasteiger charge is -2.28. The highest BCUT2D eigenvalue weighted by Crippen LogP contribution is 2.29. The minimum atomic E-state index is -0.391. The number of benzene rings is 2. The molecule has 178 valence electrons. The van der Waals surface area contributed by atoms with Crippen LogP contribution in [0.25, 0.3) is 17.1 Å². The first-order valence-electron chi connectivity index (χ1n) is 11.2. The number of amides is 1. The van der Waals surface area contributed by atoms with Gasteiger partial charge in [-0.2, -0.15) is 0 Å². The summed E-state index contributed by atoms with van der Waals surface area (Å²) in [5.74, 6) is 0.325. The van der Waals surface area contributed by atoms with Gasteiger partial charge < -0.3 is 15.0 Å². The average Bonchev–Trinajstić information content (AvgIpc) is 3.33. The van der Waals surface area contributed by atoms with E-state index in [0.29, 0.717) is 35.6 Å². The lowest BCUT2D eigenvalue weighted by atomic mass is 10.2. The zero-order chi connectivity index (χ0) is 24.0. The third kappa shape index (κ3) is 5.33. The second-order valence-corrected chi connectivity index (χ2v) is 8.74. The molecule has 35 heavy (non-hydrogen) atoms. The van der Waals surface area contributed by atoms with Crippen LogP contribution in [0.15, 0.2) is 78.1 Å². The van der Waals surface area contributed by atoms with Gasteiger partial charge >= 0.3 is 0 Å². The molecule has 8 nitrogen and oxygen atoms in total. The van der Waals surface area contributed by atoms with Gasteiger partial charge in [0.25, 0.3) is 0 Å². The van der Waals surface area contributed by atoms with Crippen molar-refractivity contribution in [1.29, 1.82) is 0 Å². The molecule has 1 amide bonds. The summed E-state index contributed by atoms with van der Waals surface area (Å²) in [5.41, 5.74) is 2.11. The standard InChI is InChI=1S/C25H23FN6O2S/c26-21-9-5-4-8-20(21)24-29-30-25(32(24)18-6-2-1-3-7-18)35-17-23(33)28-22-11-10-19(16-27-22)31-12-14-34-15-13-31/h1-11,16H,12-15,17H2,(H,27,28,33). The predicted octanol–water partition coefficient (Wildman–Crippen LogP) is 4.04. The molecule has 1 N–H and O–H groups in total. The molecule has 10 heteroatoms. The van der Waals surface area contributed by atoms with Crippen LogP contribution >= 0.6 is 11.8 Å². The molecule has 0 unspecified atom stereocenters. The molecule has 4 aromatic rings. The van der Waals surface area contributed by atoms with Crippen molar-refractivity contribution in [1.82, 2.24) is 19.7 Å². The van der Waals surface area contributed by atoms with E-state index in [1.165, 1.54) is 17.8 Å². The van der Waals surface area contributed by atoms with E-state index in [-0.39, 0.29) is 11.7 Å². The SMILES string of the molecule is O=C(CSc1nnc(-c2ccccc2F)n1-c1ccccc1)Nc1ccc(N2CCOCC2)cn1. The number of carbonyl (C=O) groups excluding carboxylic acids is 1. The number of hydrogen-bond acceptors (Lipinski definition) is 7. The fourth-order valence-electron chi connectivity index (χ4n) is 3.77. The number of anilines is 2. The number of carbonyl (C=O) groups is 1. The normalized spacial score (nSPS) is 13.6. The van der Waals surface area contributed by atoms with Gasteiger partial charge in [0.15, 0.2) is 11.0 Å². The molecule has 0 radical (unpaired) electrons. The van der Waals surface area contributed by atoms with Gasteiger partial charge in [-0.1, -0.05) is 42.1 Å². The van der Waals surface area contributed by atoms with Gasteiger partial charge in [-0.3, -0.25) is 9.36 Å². The first-order valence-corrected chi connectivity index (χ1v) is 12.1. The Morgan fingerprint density at radius 2 is 1.74 bits per heavy atom. The predicted molar refractivity (Wildman–Crippen MR) is 133 cm³/mol. The van der Waals surface area contributed by atoms with E-state index in [9.17, 15) is 9.18 Å². The topological polar surface area (TPSA) is 85.2 Å². The second-order valence-electron chi connectivity index (χ2n) is 7.79. The molecule has 2 aromatic carbocycles. The molecule has 2 aromatic heterocycles. The molecule has 5 rings (SSSR count). The van der Waals surface area contributed by atoms with Gasteiger partial charge in [-0.05, 0) is 36.4 Å². The Balaban J connectivity index is 1.30. The summed E-state index contributed by atoms with van der Waals surface area (Å²) in [6.07, 6.45) is 1.75. The molecule has 0 spiro atoms. The van der Waals surface area contributed by atoms with Crippen LogP contribution in [-0.4, -0.2) is 57.7 Å². The number of nitrogens with one attached hydrogen (secondary N) is 1. The number of hydrogen-bond donors (Lipinski definition) is 1. The number of halogens is 1. The van der Waals surface area contributed by atoms with E-state index >= 15 is 0 Å². The third-order valence-electron chi connectivity index (χ3n) is 5.49. The van der Waals surface area contributed by atoms with Crippen LogP contribution in [0.4, 0.5) is 15.9 Å². The fourth-order valence-corrected chi connectivity index (χ4v) is 4.52. The maximum atomic E-state index is 14.5. The van der Waals surface area contributed by atoms with Gasteiger partial charge in [-0.25, -0.2) is 9.37 Å². The van der Waals surface area contributed by atoms with Crippen molar-refractivity contribution >= 4 is 29.2 Å². The van der Waals surface area contributed by atoms with Crippen LogP contribution in [0.3, 0.4) is 0 Å². The highest BCUT2D eigenvalue weighted by Gasteiger charge is 2.19. The van der Waals surface area contributed by atoms with Crippen LogP contribution in [0.1, 0.15) is 0 Å². The lowest BCUT2D eigenvalue weighted by molar-refractivity contribution is -0.113. The molecule has 1 saturated heterocycles. The first kappa shape index (κ1) is 23.0. The lowest BCUT2D eigenvalue weighted by Crippen LogP contribution is -2.36. The van der Waals surface area contributed by atoms with Crippen molar-refractivity contribution in [3.05, 3.63) is 78.7 Å². The van der Waals surface area contributed by atoms with Gasteiger partial charge in [0.05, 0.1) is 36.4 Å². The van der Waals surface area contributed by atoms with Crippen molar-refractivity contribution in [2.75, 3.05) is 42.3 Å². The Morgan fingerprint density at radius 3 is 2.49 bits per heavy atom. The summed E-state index contributed by atoms with van der Waals surface area (Å²) >= 11 is 1.22. The number of ether oxygens (including phenoxy) is 1. The van der Waals surface area contributed by atoms with Gasteiger partial charge in [-0.15, -0.1) is 10.2 Å². The van der Waals surface area contributed by atoms with Crippen molar-refractivity contribution in [3.63, 3.8) is 0 Å². The number of nitrogens with zero attached hydrogens (tertiary/aromatic N) is 5. The number of thioether (sulfide) groups is 1.